The Hall–Kier alpha value is -3.92. The van der Waals surface area contributed by atoms with Crippen LogP contribution in [0, 0.1) is 0 Å². The van der Waals surface area contributed by atoms with E-state index in [0.29, 0.717) is 35.7 Å². The van der Waals surface area contributed by atoms with Gasteiger partial charge in [0.1, 0.15) is 18.5 Å². The van der Waals surface area contributed by atoms with E-state index in [9.17, 15) is 19.8 Å². The smallest absolute Gasteiger partial charge is 0.323 e. The molecule has 0 saturated carbocycles. The number of amides is 3. The monoisotopic (exact) mass is 520 g/mol. The summed E-state index contributed by atoms with van der Waals surface area (Å²) in [5.74, 6) is 0.508. The Kier molecular flexibility index (Phi) is 11.6. The maximum absolute atomic E-state index is 12.4. The van der Waals surface area contributed by atoms with Crippen molar-refractivity contribution < 1.29 is 24.5 Å². The van der Waals surface area contributed by atoms with Crippen LogP contribution in [-0.4, -0.2) is 60.6 Å². The third-order valence-electron chi connectivity index (χ3n) is 5.66. The lowest BCUT2D eigenvalue weighted by Crippen LogP contribution is -2.41. The fourth-order valence-corrected chi connectivity index (χ4v) is 3.65. The van der Waals surface area contributed by atoms with E-state index >= 15 is 0 Å². The fraction of sp³-hybridized carbons (Fsp3) is 0.310. The van der Waals surface area contributed by atoms with Crippen molar-refractivity contribution in [3.05, 3.63) is 90.0 Å². The van der Waals surface area contributed by atoms with Crippen LogP contribution in [0.25, 0.3) is 0 Å². The molecule has 202 valence electrons. The minimum Gasteiger partial charge on any atom is -0.491 e. The minimum atomic E-state index is -0.722. The largest absolute Gasteiger partial charge is 0.491 e. The molecule has 38 heavy (non-hydrogen) atoms. The van der Waals surface area contributed by atoms with Gasteiger partial charge >= 0.3 is 6.03 Å². The number of aliphatic hydroxyl groups is 2. The molecular weight excluding hydrogens is 484 g/mol. The first-order valence-corrected chi connectivity index (χ1v) is 12.7. The Morgan fingerprint density at radius 2 is 1.66 bits per heavy atom. The highest BCUT2D eigenvalue weighted by atomic mass is 16.5. The first-order valence-electron chi connectivity index (χ1n) is 12.7. The number of aliphatic hydroxyl groups excluding tert-OH is 2. The number of carbonyl (C=O) groups excluding carboxylic acids is 2. The van der Waals surface area contributed by atoms with Crippen LogP contribution in [0.3, 0.4) is 0 Å². The highest BCUT2D eigenvalue weighted by Gasteiger charge is 2.13. The topological polar surface area (TPSA) is 132 Å². The van der Waals surface area contributed by atoms with Crippen molar-refractivity contribution >= 4 is 23.3 Å². The first kappa shape index (κ1) is 28.6. The molecule has 0 heterocycles. The Balaban J connectivity index is 1.43. The molecule has 0 aliphatic heterocycles. The van der Waals surface area contributed by atoms with E-state index in [0.717, 1.165) is 12.0 Å². The molecule has 0 bridgehead atoms. The second-order valence-corrected chi connectivity index (χ2v) is 8.88. The zero-order chi connectivity index (χ0) is 27.2. The molecule has 0 aromatic heterocycles. The molecule has 3 aromatic carbocycles. The van der Waals surface area contributed by atoms with Crippen molar-refractivity contribution in [3.8, 4) is 5.75 Å². The summed E-state index contributed by atoms with van der Waals surface area (Å²) < 4.78 is 5.55. The van der Waals surface area contributed by atoms with Gasteiger partial charge in [0, 0.05) is 36.1 Å². The number of hydrogen-bond acceptors (Lipinski definition) is 6. The molecule has 0 radical (unpaired) electrons. The second kappa shape index (κ2) is 15.4. The van der Waals surface area contributed by atoms with Gasteiger partial charge < -0.3 is 36.2 Å². The van der Waals surface area contributed by atoms with Gasteiger partial charge in [-0.15, -0.1) is 0 Å². The van der Waals surface area contributed by atoms with E-state index in [1.165, 1.54) is 0 Å². The third kappa shape index (κ3) is 9.85. The molecule has 2 atom stereocenters. The van der Waals surface area contributed by atoms with Crippen LogP contribution in [0.15, 0.2) is 78.9 Å². The van der Waals surface area contributed by atoms with Gasteiger partial charge in [0.05, 0.1) is 6.61 Å². The van der Waals surface area contributed by atoms with E-state index < -0.39 is 12.1 Å². The molecule has 6 N–H and O–H groups in total. The molecule has 0 aliphatic carbocycles. The fourth-order valence-electron chi connectivity index (χ4n) is 3.65. The predicted molar refractivity (Wildman–Crippen MR) is 149 cm³/mol. The number of rotatable bonds is 14. The van der Waals surface area contributed by atoms with Crippen molar-refractivity contribution in [2.75, 3.05) is 36.9 Å². The summed E-state index contributed by atoms with van der Waals surface area (Å²) in [5.41, 5.74) is 2.55. The maximum atomic E-state index is 12.4. The van der Waals surface area contributed by atoms with Gasteiger partial charge in [0.25, 0.3) is 5.91 Å². The lowest BCUT2D eigenvalue weighted by molar-refractivity contribution is 0.0953. The molecule has 3 rings (SSSR count). The summed E-state index contributed by atoms with van der Waals surface area (Å²) >= 11 is 0. The molecule has 0 saturated heterocycles. The zero-order valence-electron chi connectivity index (χ0n) is 21.5. The number of anilines is 2. The van der Waals surface area contributed by atoms with Gasteiger partial charge in [-0.3, -0.25) is 4.79 Å². The lowest BCUT2D eigenvalue weighted by atomic mass is 10.1. The molecule has 0 unspecified atom stereocenters. The second-order valence-electron chi connectivity index (χ2n) is 8.88. The normalized spacial score (nSPS) is 12.3. The average molecular weight is 521 g/mol. The van der Waals surface area contributed by atoms with Crippen LogP contribution in [0.5, 0.6) is 5.75 Å². The predicted octanol–water partition coefficient (Wildman–Crippen LogP) is 3.40. The van der Waals surface area contributed by atoms with Crippen LogP contribution in [0.2, 0.25) is 0 Å². The summed E-state index contributed by atoms with van der Waals surface area (Å²) in [7, 11) is 0. The molecular formula is C29H36N4O5. The third-order valence-corrected chi connectivity index (χ3v) is 5.66. The average Bonchev–Trinajstić information content (AvgIpc) is 2.94. The summed E-state index contributed by atoms with van der Waals surface area (Å²) in [6, 6.07) is 22.6. The van der Waals surface area contributed by atoms with E-state index in [1.54, 1.807) is 36.4 Å². The Morgan fingerprint density at radius 3 is 2.37 bits per heavy atom. The summed E-state index contributed by atoms with van der Waals surface area (Å²) in [4.78, 5) is 24.6. The van der Waals surface area contributed by atoms with Crippen molar-refractivity contribution in [2.24, 2.45) is 0 Å². The zero-order valence-corrected chi connectivity index (χ0v) is 21.5. The molecule has 3 aromatic rings. The Morgan fingerprint density at radius 1 is 0.921 bits per heavy atom. The van der Waals surface area contributed by atoms with E-state index in [-0.39, 0.29) is 31.7 Å². The molecule has 0 spiro atoms. The van der Waals surface area contributed by atoms with Gasteiger partial charge in [0.2, 0.25) is 0 Å². The van der Waals surface area contributed by atoms with Crippen LogP contribution >= 0.6 is 0 Å². The highest BCUT2D eigenvalue weighted by Crippen LogP contribution is 2.14. The van der Waals surface area contributed by atoms with Gasteiger partial charge in [-0.25, -0.2) is 4.79 Å². The van der Waals surface area contributed by atoms with Gasteiger partial charge in [0.15, 0.2) is 0 Å². The van der Waals surface area contributed by atoms with Crippen LogP contribution in [-0.2, 0) is 6.42 Å². The Bertz CT molecular complexity index is 1140. The molecule has 9 nitrogen and oxygen atoms in total. The van der Waals surface area contributed by atoms with Crippen molar-refractivity contribution in [3.63, 3.8) is 0 Å². The van der Waals surface area contributed by atoms with Gasteiger partial charge in [-0.05, 0) is 60.9 Å². The van der Waals surface area contributed by atoms with E-state index in [1.807, 2.05) is 49.4 Å². The van der Waals surface area contributed by atoms with E-state index in [2.05, 4.69) is 21.3 Å². The summed E-state index contributed by atoms with van der Waals surface area (Å²) in [6.07, 6.45) is 0.665. The number of ether oxygens (including phenoxy) is 1. The maximum Gasteiger partial charge on any atom is 0.323 e. The molecule has 3 amide bonds. The van der Waals surface area contributed by atoms with Crippen LogP contribution < -0.4 is 26.0 Å². The Labute approximate surface area is 223 Å². The number of nitrogens with one attached hydrogen (secondary N) is 4. The van der Waals surface area contributed by atoms with Crippen molar-refractivity contribution in [2.45, 2.75) is 31.9 Å². The van der Waals surface area contributed by atoms with Crippen molar-refractivity contribution in [1.29, 1.82) is 0 Å². The number of para-hydroxylation sites is 1. The lowest BCUT2D eigenvalue weighted by Gasteiger charge is -2.19. The van der Waals surface area contributed by atoms with Gasteiger partial charge in [-0.2, -0.15) is 0 Å². The van der Waals surface area contributed by atoms with Crippen LogP contribution in [0.4, 0.5) is 16.2 Å². The molecule has 0 fully saturated rings. The molecule has 9 heteroatoms. The van der Waals surface area contributed by atoms with Crippen LogP contribution in [0.1, 0.15) is 29.3 Å². The quantitative estimate of drug-likeness (QED) is 0.193. The number of benzene rings is 3. The SMILES string of the molecule is CCCNC(=O)c1cccc(NC(=O)Nc2ccc(C[C@@H](CO)NC[C@H](O)COc3ccccc3)cc2)c1. The standard InChI is InChI=1S/C29H36N4O5/c1-2-15-30-28(36)22-7-6-8-24(17-22)33-29(37)32-23-13-11-21(12-14-23)16-25(19-34)31-18-26(35)20-38-27-9-4-3-5-10-27/h3-14,17,25-26,31,34-35H,2,15-16,18-20H2,1H3,(H,30,36)(H2,32,33,37)/t25-,26-/m0/s1. The first-order chi connectivity index (χ1) is 18.5. The van der Waals surface area contributed by atoms with Crippen molar-refractivity contribution in [1.82, 2.24) is 10.6 Å². The van der Waals surface area contributed by atoms with Gasteiger partial charge in [-0.1, -0.05) is 43.3 Å². The van der Waals surface area contributed by atoms with E-state index in [4.69, 9.17) is 4.74 Å². The highest BCUT2D eigenvalue weighted by molar-refractivity contribution is 6.01. The number of carbonyl (C=O) groups is 2. The summed E-state index contributed by atoms with van der Waals surface area (Å²) in [6.45, 7) is 2.90. The molecule has 0 aliphatic rings. The number of urea groups is 1. The number of hydrogen-bond donors (Lipinski definition) is 6. The minimum absolute atomic E-state index is 0.0931. The summed E-state index contributed by atoms with van der Waals surface area (Å²) in [5, 5.41) is 31.4.